The third kappa shape index (κ3) is 3.80. The molecule has 2 N–H and O–H groups in total. The van der Waals surface area contributed by atoms with Crippen molar-refractivity contribution in [2.75, 3.05) is 17.2 Å². The van der Waals surface area contributed by atoms with Crippen LogP contribution in [0.4, 0.5) is 11.4 Å². The Hall–Kier alpha value is -1.97. The SMILES string of the molecule is CC(=O)Nc1ccc(NCC2CCC=CO2)cc1. The molecule has 18 heavy (non-hydrogen) atoms. The monoisotopic (exact) mass is 246 g/mol. The van der Waals surface area contributed by atoms with E-state index in [-0.39, 0.29) is 12.0 Å². The molecule has 0 saturated carbocycles. The number of hydrogen-bond donors (Lipinski definition) is 2. The highest BCUT2D eigenvalue weighted by molar-refractivity contribution is 5.88. The van der Waals surface area contributed by atoms with Gasteiger partial charge < -0.3 is 15.4 Å². The third-order valence-corrected chi connectivity index (χ3v) is 2.76. The first-order valence-electron chi connectivity index (χ1n) is 6.16. The Kier molecular flexibility index (Phi) is 4.23. The van der Waals surface area contributed by atoms with Gasteiger partial charge in [-0.15, -0.1) is 0 Å². The lowest BCUT2D eigenvalue weighted by Crippen LogP contribution is -2.22. The first-order chi connectivity index (χ1) is 8.74. The fourth-order valence-electron chi connectivity index (χ4n) is 1.84. The molecule has 0 spiro atoms. The topological polar surface area (TPSA) is 50.4 Å². The number of carbonyl (C=O) groups excluding carboxylic acids is 1. The molecule has 1 heterocycles. The summed E-state index contributed by atoms with van der Waals surface area (Å²) in [7, 11) is 0. The Bertz CT molecular complexity index is 426. The van der Waals surface area contributed by atoms with Gasteiger partial charge in [0.05, 0.1) is 12.8 Å². The average Bonchev–Trinajstić information content (AvgIpc) is 2.38. The highest BCUT2D eigenvalue weighted by atomic mass is 16.5. The summed E-state index contributed by atoms with van der Waals surface area (Å²) in [6.45, 7) is 2.30. The van der Waals surface area contributed by atoms with E-state index in [4.69, 9.17) is 4.74 Å². The van der Waals surface area contributed by atoms with Crippen molar-refractivity contribution in [3.8, 4) is 0 Å². The van der Waals surface area contributed by atoms with Crippen molar-refractivity contribution in [3.05, 3.63) is 36.6 Å². The van der Waals surface area contributed by atoms with Crippen molar-refractivity contribution in [2.24, 2.45) is 0 Å². The highest BCUT2D eigenvalue weighted by Gasteiger charge is 2.10. The smallest absolute Gasteiger partial charge is 0.221 e. The Labute approximate surface area is 107 Å². The van der Waals surface area contributed by atoms with Crippen LogP contribution in [-0.2, 0) is 9.53 Å². The predicted octanol–water partition coefficient (Wildman–Crippen LogP) is 2.75. The Morgan fingerprint density at radius 1 is 1.33 bits per heavy atom. The summed E-state index contributed by atoms with van der Waals surface area (Å²) in [4.78, 5) is 10.9. The molecule has 0 bridgehead atoms. The molecule has 1 atom stereocenters. The molecule has 1 unspecified atom stereocenters. The summed E-state index contributed by atoms with van der Waals surface area (Å²) in [5, 5.41) is 6.06. The maximum Gasteiger partial charge on any atom is 0.221 e. The first kappa shape index (κ1) is 12.5. The molecular weight excluding hydrogens is 228 g/mol. The molecule has 0 saturated heterocycles. The van der Waals surface area contributed by atoms with E-state index >= 15 is 0 Å². The van der Waals surface area contributed by atoms with E-state index in [9.17, 15) is 4.79 Å². The zero-order valence-electron chi connectivity index (χ0n) is 10.5. The van der Waals surface area contributed by atoms with Crippen molar-refractivity contribution >= 4 is 17.3 Å². The van der Waals surface area contributed by atoms with E-state index in [1.807, 2.05) is 30.3 Å². The molecular formula is C14H18N2O2. The minimum atomic E-state index is -0.0573. The summed E-state index contributed by atoms with van der Waals surface area (Å²) >= 11 is 0. The van der Waals surface area contributed by atoms with Gasteiger partial charge in [0.15, 0.2) is 0 Å². The van der Waals surface area contributed by atoms with Crippen LogP contribution < -0.4 is 10.6 Å². The summed E-state index contributed by atoms with van der Waals surface area (Å²) < 4.78 is 5.48. The second kappa shape index (κ2) is 6.10. The van der Waals surface area contributed by atoms with Crippen molar-refractivity contribution in [2.45, 2.75) is 25.9 Å². The second-order valence-corrected chi connectivity index (χ2v) is 4.35. The minimum Gasteiger partial charge on any atom is -0.497 e. The van der Waals surface area contributed by atoms with Crippen molar-refractivity contribution in [1.82, 2.24) is 0 Å². The van der Waals surface area contributed by atoms with Crippen LogP contribution in [-0.4, -0.2) is 18.6 Å². The number of rotatable bonds is 4. The van der Waals surface area contributed by atoms with Crippen molar-refractivity contribution in [3.63, 3.8) is 0 Å². The van der Waals surface area contributed by atoms with Gasteiger partial charge in [0.25, 0.3) is 0 Å². The van der Waals surface area contributed by atoms with Gasteiger partial charge in [-0.25, -0.2) is 0 Å². The van der Waals surface area contributed by atoms with Gasteiger partial charge >= 0.3 is 0 Å². The zero-order chi connectivity index (χ0) is 12.8. The molecule has 1 amide bonds. The van der Waals surface area contributed by atoms with E-state index < -0.39 is 0 Å². The van der Waals surface area contributed by atoms with Gasteiger partial charge in [-0.1, -0.05) is 0 Å². The normalized spacial score (nSPS) is 17.9. The standard InChI is InChI=1S/C14H18N2O2/c1-11(17)16-13-7-5-12(6-8-13)15-10-14-4-2-3-9-18-14/h3,5-9,14-15H,2,4,10H2,1H3,(H,16,17). The Balaban J connectivity index is 1.82. The Morgan fingerprint density at radius 2 is 2.06 bits per heavy atom. The molecule has 1 aliphatic rings. The van der Waals surface area contributed by atoms with Gasteiger partial charge in [0.1, 0.15) is 6.10 Å². The summed E-state index contributed by atoms with van der Waals surface area (Å²) in [6.07, 6.45) is 6.18. The quantitative estimate of drug-likeness (QED) is 0.858. The van der Waals surface area contributed by atoms with Crippen LogP contribution in [0.5, 0.6) is 0 Å². The van der Waals surface area contributed by atoms with E-state index in [0.717, 1.165) is 30.8 Å². The van der Waals surface area contributed by atoms with Crippen molar-refractivity contribution in [1.29, 1.82) is 0 Å². The van der Waals surface area contributed by atoms with Crippen LogP contribution in [0.3, 0.4) is 0 Å². The van der Waals surface area contributed by atoms with Gasteiger partial charge in [-0.3, -0.25) is 4.79 Å². The molecule has 2 rings (SSSR count). The number of allylic oxidation sites excluding steroid dienone is 1. The first-order valence-corrected chi connectivity index (χ1v) is 6.16. The second-order valence-electron chi connectivity index (χ2n) is 4.35. The molecule has 0 aromatic heterocycles. The van der Waals surface area contributed by atoms with Gasteiger partial charge in [-0.2, -0.15) is 0 Å². The number of carbonyl (C=O) groups is 1. The van der Waals surface area contributed by atoms with E-state index in [1.54, 1.807) is 6.26 Å². The molecule has 0 radical (unpaired) electrons. The van der Waals surface area contributed by atoms with Crippen LogP contribution in [0, 0.1) is 0 Å². The molecule has 1 aromatic carbocycles. The zero-order valence-corrected chi connectivity index (χ0v) is 10.5. The lowest BCUT2D eigenvalue weighted by atomic mass is 10.1. The number of anilines is 2. The van der Waals surface area contributed by atoms with Crippen LogP contribution >= 0.6 is 0 Å². The fraction of sp³-hybridized carbons (Fsp3) is 0.357. The van der Waals surface area contributed by atoms with Crippen LogP contribution in [0.1, 0.15) is 19.8 Å². The molecule has 4 heteroatoms. The highest BCUT2D eigenvalue weighted by Crippen LogP contribution is 2.15. The van der Waals surface area contributed by atoms with Crippen LogP contribution in [0.15, 0.2) is 36.6 Å². The van der Waals surface area contributed by atoms with Crippen LogP contribution in [0.25, 0.3) is 0 Å². The molecule has 4 nitrogen and oxygen atoms in total. The molecule has 1 aromatic rings. The molecule has 0 aliphatic carbocycles. The maximum absolute atomic E-state index is 10.9. The number of amides is 1. The summed E-state index contributed by atoms with van der Waals surface area (Å²) in [5.41, 5.74) is 1.84. The summed E-state index contributed by atoms with van der Waals surface area (Å²) in [6, 6.07) is 7.66. The minimum absolute atomic E-state index is 0.0573. The predicted molar refractivity (Wildman–Crippen MR) is 72.5 cm³/mol. The number of nitrogens with one attached hydrogen (secondary N) is 2. The number of hydrogen-bond acceptors (Lipinski definition) is 3. The van der Waals surface area contributed by atoms with Crippen molar-refractivity contribution < 1.29 is 9.53 Å². The van der Waals surface area contributed by atoms with E-state index in [2.05, 4.69) is 10.6 Å². The number of benzene rings is 1. The van der Waals surface area contributed by atoms with Crippen LogP contribution in [0.2, 0.25) is 0 Å². The third-order valence-electron chi connectivity index (χ3n) is 2.76. The largest absolute Gasteiger partial charge is 0.497 e. The number of ether oxygens (including phenoxy) is 1. The molecule has 0 fully saturated rings. The average molecular weight is 246 g/mol. The fourth-order valence-corrected chi connectivity index (χ4v) is 1.84. The Morgan fingerprint density at radius 3 is 2.67 bits per heavy atom. The van der Waals surface area contributed by atoms with Gasteiger partial charge in [0, 0.05) is 18.3 Å². The molecule has 96 valence electrons. The lowest BCUT2D eigenvalue weighted by molar-refractivity contribution is -0.114. The van der Waals surface area contributed by atoms with Gasteiger partial charge in [0.2, 0.25) is 5.91 Å². The van der Waals surface area contributed by atoms with E-state index in [0.29, 0.717) is 0 Å². The maximum atomic E-state index is 10.9. The summed E-state index contributed by atoms with van der Waals surface area (Å²) in [5.74, 6) is -0.0573. The van der Waals surface area contributed by atoms with E-state index in [1.165, 1.54) is 6.92 Å². The lowest BCUT2D eigenvalue weighted by Gasteiger charge is -2.20. The van der Waals surface area contributed by atoms with Gasteiger partial charge in [-0.05, 0) is 43.2 Å². The molecule has 1 aliphatic heterocycles.